The Morgan fingerprint density at radius 1 is 1.29 bits per heavy atom. The Balaban J connectivity index is 2.27. The summed E-state index contributed by atoms with van der Waals surface area (Å²) in [5.74, 6) is 7.04. The fraction of sp³-hybridized carbons (Fsp3) is 0.0833. The quantitative estimate of drug-likeness (QED) is 0.648. The van der Waals surface area contributed by atoms with Gasteiger partial charge in [-0.25, -0.2) is 10.8 Å². The molecule has 0 fully saturated rings. The van der Waals surface area contributed by atoms with Crippen molar-refractivity contribution in [2.45, 2.75) is 6.92 Å². The first-order valence-electron chi connectivity index (χ1n) is 5.06. The van der Waals surface area contributed by atoms with Crippen molar-refractivity contribution in [2.24, 2.45) is 5.84 Å². The molecule has 0 unspecified atom stereocenters. The van der Waals surface area contributed by atoms with Gasteiger partial charge in [0, 0.05) is 12.3 Å². The SMILES string of the molecule is Cc1ccc(Cl)c(Oc2ccnc(NN)c2)c1. The van der Waals surface area contributed by atoms with Crippen LogP contribution in [0.15, 0.2) is 36.5 Å². The number of nitrogen functional groups attached to an aromatic ring is 1. The average Bonchev–Trinajstić information content (AvgIpc) is 2.34. The minimum Gasteiger partial charge on any atom is -0.456 e. The van der Waals surface area contributed by atoms with E-state index in [2.05, 4.69) is 10.4 Å². The molecule has 0 amide bonds. The Labute approximate surface area is 104 Å². The normalized spacial score (nSPS) is 10.1. The maximum Gasteiger partial charge on any atom is 0.146 e. The van der Waals surface area contributed by atoms with Gasteiger partial charge >= 0.3 is 0 Å². The third-order valence-corrected chi connectivity index (χ3v) is 2.51. The molecule has 0 spiro atoms. The van der Waals surface area contributed by atoms with Crippen LogP contribution in [-0.2, 0) is 0 Å². The van der Waals surface area contributed by atoms with E-state index in [-0.39, 0.29) is 0 Å². The summed E-state index contributed by atoms with van der Waals surface area (Å²) in [5, 5.41) is 0.565. The van der Waals surface area contributed by atoms with E-state index in [0.717, 1.165) is 5.56 Å². The summed E-state index contributed by atoms with van der Waals surface area (Å²) in [4.78, 5) is 3.99. The molecule has 0 aliphatic heterocycles. The Bertz CT molecular complexity index is 531. The van der Waals surface area contributed by atoms with Crippen molar-refractivity contribution in [3.05, 3.63) is 47.1 Å². The predicted molar refractivity (Wildman–Crippen MR) is 68.3 cm³/mol. The van der Waals surface area contributed by atoms with Gasteiger partial charge < -0.3 is 10.2 Å². The van der Waals surface area contributed by atoms with Crippen LogP contribution in [-0.4, -0.2) is 4.98 Å². The lowest BCUT2D eigenvalue weighted by atomic mass is 10.2. The first kappa shape index (κ1) is 11.7. The highest BCUT2D eigenvalue weighted by Gasteiger charge is 2.04. The number of rotatable bonds is 3. The standard InChI is InChI=1S/C12H12ClN3O/c1-8-2-3-10(13)11(6-8)17-9-4-5-15-12(7-9)16-14/h2-7H,14H2,1H3,(H,15,16). The number of nitrogens with one attached hydrogen (secondary N) is 1. The molecule has 2 rings (SSSR count). The van der Waals surface area contributed by atoms with Crippen molar-refractivity contribution in [3.63, 3.8) is 0 Å². The van der Waals surface area contributed by atoms with Gasteiger partial charge in [0.15, 0.2) is 0 Å². The van der Waals surface area contributed by atoms with E-state index in [1.165, 1.54) is 0 Å². The average molecular weight is 250 g/mol. The van der Waals surface area contributed by atoms with Crippen molar-refractivity contribution in [3.8, 4) is 11.5 Å². The zero-order valence-corrected chi connectivity index (χ0v) is 10.0. The van der Waals surface area contributed by atoms with E-state index in [0.29, 0.717) is 22.3 Å². The lowest BCUT2D eigenvalue weighted by Crippen LogP contribution is -2.08. The molecule has 0 bridgehead atoms. The highest BCUT2D eigenvalue weighted by molar-refractivity contribution is 6.32. The van der Waals surface area contributed by atoms with Gasteiger partial charge in [0.05, 0.1) is 5.02 Å². The largest absolute Gasteiger partial charge is 0.456 e. The first-order chi connectivity index (χ1) is 8.19. The molecule has 0 atom stereocenters. The summed E-state index contributed by atoms with van der Waals surface area (Å²) in [6.45, 7) is 1.97. The molecule has 1 heterocycles. The summed E-state index contributed by atoms with van der Waals surface area (Å²) in [7, 11) is 0. The highest BCUT2D eigenvalue weighted by atomic mass is 35.5. The summed E-state index contributed by atoms with van der Waals surface area (Å²) in [5.41, 5.74) is 3.53. The molecule has 0 aliphatic rings. The molecule has 0 aliphatic carbocycles. The molecule has 17 heavy (non-hydrogen) atoms. The number of aryl methyl sites for hydroxylation is 1. The van der Waals surface area contributed by atoms with E-state index in [1.54, 1.807) is 24.4 Å². The number of hydrogen-bond donors (Lipinski definition) is 2. The number of aromatic nitrogens is 1. The summed E-state index contributed by atoms with van der Waals surface area (Å²) >= 11 is 6.04. The maximum atomic E-state index is 6.04. The molecule has 0 saturated heterocycles. The number of halogens is 1. The predicted octanol–water partition coefficient (Wildman–Crippen LogP) is 3.12. The van der Waals surface area contributed by atoms with Crippen LogP contribution in [0.4, 0.5) is 5.82 Å². The van der Waals surface area contributed by atoms with Crippen LogP contribution in [0.3, 0.4) is 0 Å². The zero-order chi connectivity index (χ0) is 12.3. The first-order valence-corrected chi connectivity index (χ1v) is 5.43. The topological polar surface area (TPSA) is 60.2 Å². The molecule has 4 nitrogen and oxygen atoms in total. The van der Waals surface area contributed by atoms with Crippen molar-refractivity contribution in [1.29, 1.82) is 0 Å². The van der Waals surface area contributed by atoms with Crippen molar-refractivity contribution < 1.29 is 4.74 Å². The second-order valence-corrected chi connectivity index (χ2v) is 3.96. The number of nitrogens with two attached hydrogens (primary N) is 1. The van der Waals surface area contributed by atoms with Gasteiger partial charge in [0.1, 0.15) is 17.3 Å². The Morgan fingerprint density at radius 3 is 2.88 bits per heavy atom. The molecular formula is C12H12ClN3O. The monoisotopic (exact) mass is 249 g/mol. The van der Waals surface area contributed by atoms with Crippen LogP contribution in [0.25, 0.3) is 0 Å². The molecule has 5 heteroatoms. The van der Waals surface area contributed by atoms with Gasteiger partial charge in [-0.2, -0.15) is 0 Å². The number of ether oxygens (including phenoxy) is 1. The minimum absolute atomic E-state index is 0.534. The van der Waals surface area contributed by atoms with Crippen molar-refractivity contribution in [2.75, 3.05) is 5.43 Å². The highest BCUT2D eigenvalue weighted by Crippen LogP contribution is 2.30. The number of pyridine rings is 1. The van der Waals surface area contributed by atoms with Gasteiger partial charge in [0.25, 0.3) is 0 Å². The molecule has 1 aromatic heterocycles. The fourth-order valence-corrected chi connectivity index (χ4v) is 1.53. The van der Waals surface area contributed by atoms with Gasteiger partial charge in [-0.1, -0.05) is 17.7 Å². The van der Waals surface area contributed by atoms with Crippen LogP contribution >= 0.6 is 11.6 Å². The number of hydrazine groups is 1. The van der Waals surface area contributed by atoms with Crippen LogP contribution in [0.2, 0.25) is 5.02 Å². The van der Waals surface area contributed by atoms with Crippen LogP contribution in [0.1, 0.15) is 5.56 Å². The molecule has 0 saturated carbocycles. The van der Waals surface area contributed by atoms with E-state index < -0.39 is 0 Å². The molecule has 2 aromatic rings. The smallest absolute Gasteiger partial charge is 0.146 e. The molecule has 1 aromatic carbocycles. The molecular weight excluding hydrogens is 238 g/mol. The molecule has 3 N–H and O–H groups in total. The lowest BCUT2D eigenvalue weighted by Gasteiger charge is -2.09. The Hall–Kier alpha value is -1.78. The summed E-state index contributed by atoms with van der Waals surface area (Å²) < 4.78 is 5.66. The third kappa shape index (κ3) is 2.87. The van der Waals surface area contributed by atoms with Crippen molar-refractivity contribution in [1.82, 2.24) is 4.98 Å². The van der Waals surface area contributed by atoms with Crippen LogP contribution in [0, 0.1) is 6.92 Å². The number of hydrogen-bond acceptors (Lipinski definition) is 4. The Kier molecular flexibility index (Phi) is 3.46. The van der Waals surface area contributed by atoms with Gasteiger partial charge in [-0.05, 0) is 30.7 Å². The van der Waals surface area contributed by atoms with Crippen LogP contribution < -0.4 is 16.0 Å². The number of anilines is 1. The minimum atomic E-state index is 0.534. The van der Waals surface area contributed by atoms with E-state index in [9.17, 15) is 0 Å². The second kappa shape index (κ2) is 5.03. The third-order valence-electron chi connectivity index (χ3n) is 2.19. The van der Waals surface area contributed by atoms with E-state index >= 15 is 0 Å². The lowest BCUT2D eigenvalue weighted by molar-refractivity contribution is 0.482. The van der Waals surface area contributed by atoms with Gasteiger partial charge in [0.2, 0.25) is 0 Å². The number of benzene rings is 1. The zero-order valence-electron chi connectivity index (χ0n) is 9.27. The summed E-state index contributed by atoms with van der Waals surface area (Å²) in [6.07, 6.45) is 1.61. The second-order valence-electron chi connectivity index (χ2n) is 3.56. The molecule has 0 radical (unpaired) electrons. The van der Waals surface area contributed by atoms with Gasteiger partial charge in [-0.3, -0.25) is 0 Å². The fourth-order valence-electron chi connectivity index (χ4n) is 1.37. The molecule has 88 valence electrons. The van der Waals surface area contributed by atoms with E-state index in [1.807, 2.05) is 19.1 Å². The van der Waals surface area contributed by atoms with Crippen LogP contribution in [0.5, 0.6) is 11.5 Å². The number of nitrogens with zero attached hydrogens (tertiary/aromatic N) is 1. The maximum absolute atomic E-state index is 6.04. The van der Waals surface area contributed by atoms with Gasteiger partial charge in [-0.15, -0.1) is 0 Å². The summed E-state index contributed by atoms with van der Waals surface area (Å²) in [6, 6.07) is 9.03. The van der Waals surface area contributed by atoms with Crippen molar-refractivity contribution >= 4 is 17.4 Å². The Morgan fingerprint density at radius 2 is 2.12 bits per heavy atom. The van der Waals surface area contributed by atoms with E-state index in [4.69, 9.17) is 22.2 Å².